The van der Waals surface area contributed by atoms with Crippen LogP contribution in [-0.2, 0) is 0 Å². The van der Waals surface area contributed by atoms with Crippen molar-refractivity contribution >= 4 is 12.6 Å². The number of benzene rings is 1. The number of aliphatic hydroxyl groups is 2. The molecule has 0 saturated carbocycles. The second-order valence-electron chi connectivity index (χ2n) is 3.35. The molecule has 0 saturated heterocycles. The molecule has 4 heteroatoms. The van der Waals surface area contributed by atoms with E-state index in [4.69, 9.17) is 10.8 Å². The molecule has 3 nitrogen and oxygen atoms in total. The highest BCUT2D eigenvalue weighted by Crippen LogP contribution is 2.24. The summed E-state index contributed by atoms with van der Waals surface area (Å²) in [5.41, 5.74) is 7.25. The Labute approximate surface area is 89.0 Å². The van der Waals surface area contributed by atoms with E-state index in [9.17, 15) is 5.11 Å². The zero-order valence-electron chi connectivity index (χ0n) is 8.01. The molecule has 1 aromatic rings. The predicted octanol–water partition coefficient (Wildman–Crippen LogP) is 0.637. The van der Waals surface area contributed by atoms with Gasteiger partial charge in [0, 0.05) is 4.90 Å². The molecule has 0 bridgehead atoms. The number of aliphatic hydroxyl groups excluding tert-OH is 2. The quantitative estimate of drug-likeness (QED) is 0.557. The summed E-state index contributed by atoms with van der Waals surface area (Å²) in [6.45, 7) is 1.70. The molecule has 2 atom stereocenters. The summed E-state index contributed by atoms with van der Waals surface area (Å²) in [6.07, 6.45) is -0.867. The van der Waals surface area contributed by atoms with E-state index in [2.05, 4.69) is 12.6 Å². The number of thiol groups is 1. The first-order valence-corrected chi connectivity index (χ1v) is 4.85. The van der Waals surface area contributed by atoms with Crippen molar-refractivity contribution < 1.29 is 10.2 Å². The van der Waals surface area contributed by atoms with E-state index in [-0.39, 0.29) is 6.61 Å². The van der Waals surface area contributed by atoms with Crippen molar-refractivity contribution in [1.29, 1.82) is 0 Å². The molecule has 0 aliphatic rings. The molecule has 2 unspecified atom stereocenters. The molecule has 1 aromatic carbocycles. The van der Waals surface area contributed by atoms with Crippen LogP contribution in [0.5, 0.6) is 0 Å². The summed E-state index contributed by atoms with van der Waals surface area (Å²) in [5.74, 6) is 0. The lowest BCUT2D eigenvalue weighted by molar-refractivity contribution is 0.107. The van der Waals surface area contributed by atoms with Crippen LogP contribution in [0.4, 0.5) is 0 Å². The van der Waals surface area contributed by atoms with Gasteiger partial charge in [0.15, 0.2) is 0 Å². The minimum atomic E-state index is -0.867. The van der Waals surface area contributed by atoms with E-state index in [1.165, 1.54) is 0 Å². The first-order chi connectivity index (χ1) is 6.56. The first kappa shape index (κ1) is 11.5. The Morgan fingerprint density at radius 1 is 1.50 bits per heavy atom. The number of nitrogens with two attached hydrogens (primary N) is 1. The van der Waals surface area contributed by atoms with Gasteiger partial charge < -0.3 is 15.9 Å². The van der Waals surface area contributed by atoms with Crippen LogP contribution in [0.1, 0.15) is 17.2 Å². The fraction of sp³-hybridized carbons (Fsp3) is 0.400. The molecule has 0 aliphatic carbocycles. The summed E-state index contributed by atoms with van der Waals surface area (Å²) >= 11 is 4.24. The average Bonchev–Trinajstić information content (AvgIpc) is 2.15. The molecule has 0 spiro atoms. The highest BCUT2D eigenvalue weighted by Gasteiger charge is 2.17. The monoisotopic (exact) mass is 213 g/mol. The second kappa shape index (κ2) is 4.79. The molecule has 78 valence electrons. The standard InChI is InChI=1S/C10H15NO2S/c1-6-2-3-7(9(14)4-6)10(13)8(11)5-12/h2-4,8,10,12-14H,5,11H2,1H3. The van der Waals surface area contributed by atoms with E-state index >= 15 is 0 Å². The van der Waals surface area contributed by atoms with Crippen LogP contribution in [-0.4, -0.2) is 22.9 Å². The lowest BCUT2D eigenvalue weighted by Gasteiger charge is -2.18. The molecule has 14 heavy (non-hydrogen) atoms. The molecule has 0 amide bonds. The lowest BCUT2D eigenvalue weighted by Crippen LogP contribution is -2.32. The summed E-state index contributed by atoms with van der Waals surface area (Å²) in [4.78, 5) is 0.696. The van der Waals surface area contributed by atoms with Crippen molar-refractivity contribution in [1.82, 2.24) is 0 Å². The summed E-state index contributed by atoms with van der Waals surface area (Å²) in [7, 11) is 0. The predicted molar refractivity (Wildman–Crippen MR) is 58.5 cm³/mol. The van der Waals surface area contributed by atoms with Gasteiger partial charge in [-0.25, -0.2) is 0 Å². The Hall–Kier alpha value is -0.550. The Morgan fingerprint density at radius 2 is 2.14 bits per heavy atom. The van der Waals surface area contributed by atoms with Crippen molar-refractivity contribution in [2.75, 3.05) is 6.61 Å². The fourth-order valence-electron chi connectivity index (χ4n) is 1.23. The average molecular weight is 213 g/mol. The Kier molecular flexibility index (Phi) is 3.95. The van der Waals surface area contributed by atoms with E-state index in [0.29, 0.717) is 10.5 Å². The topological polar surface area (TPSA) is 66.5 Å². The molecule has 0 fully saturated rings. The van der Waals surface area contributed by atoms with Crippen molar-refractivity contribution in [3.63, 3.8) is 0 Å². The van der Waals surface area contributed by atoms with Gasteiger partial charge >= 0.3 is 0 Å². The normalized spacial score (nSPS) is 15.2. The van der Waals surface area contributed by atoms with Crippen LogP contribution in [0, 0.1) is 6.92 Å². The molecule has 0 aromatic heterocycles. The van der Waals surface area contributed by atoms with Crippen molar-refractivity contribution in [2.45, 2.75) is 24.0 Å². The summed E-state index contributed by atoms with van der Waals surface area (Å²) in [6, 6.07) is 4.84. The molecule has 0 aliphatic heterocycles. The zero-order chi connectivity index (χ0) is 10.7. The highest BCUT2D eigenvalue weighted by molar-refractivity contribution is 7.80. The van der Waals surface area contributed by atoms with Gasteiger partial charge in [-0.05, 0) is 18.6 Å². The van der Waals surface area contributed by atoms with Crippen LogP contribution in [0.15, 0.2) is 23.1 Å². The third-order valence-corrected chi connectivity index (χ3v) is 2.51. The summed E-state index contributed by atoms with van der Waals surface area (Å²) < 4.78 is 0. The van der Waals surface area contributed by atoms with Crippen LogP contribution >= 0.6 is 12.6 Å². The highest BCUT2D eigenvalue weighted by atomic mass is 32.1. The second-order valence-corrected chi connectivity index (χ2v) is 3.84. The SMILES string of the molecule is Cc1ccc(C(O)C(N)CO)c(S)c1. The van der Waals surface area contributed by atoms with Gasteiger partial charge in [0.25, 0.3) is 0 Å². The Balaban J connectivity index is 2.95. The Morgan fingerprint density at radius 3 is 2.64 bits per heavy atom. The Bertz CT molecular complexity index is 317. The molecular weight excluding hydrogens is 198 g/mol. The zero-order valence-corrected chi connectivity index (χ0v) is 8.91. The molecule has 1 rings (SSSR count). The summed E-state index contributed by atoms with van der Waals surface area (Å²) in [5, 5.41) is 18.5. The van der Waals surface area contributed by atoms with Gasteiger partial charge in [-0.15, -0.1) is 12.6 Å². The molecule has 0 heterocycles. The molecule has 0 radical (unpaired) electrons. The van der Waals surface area contributed by atoms with Gasteiger partial charge in [-0.3, -0.25) is 0 Å². The van der Waals surface area contributed by atoms with Crippen LogP contribution < -0.4 is 5.73 Å². The minimum absolute atomic E-state index is 0.248. The minimum Gasteiger partial charge on any atom is -0.395 e. The molecular formula is C10H15NO2S. The van der Waals surface area contributed by atoms with Gasteiger partial charge in [-0.1, -0.05) is 17.7 Å². The van der Waals surface area contributed by atoms with Crippen LogP contribution in [0.2, 0.25) is 0 Å². The maximum absolute atomic E-state index is 9.73. The van der Waals surface area contributed by atoms with Gasteiger partial charge in [0.05, 0.1) is 18.8 Å². The molecule has 4 N–H and O–H groups in total. The van der Waals surface area contributed by atoms with Gasteiger partial charge in [0.2, 0.25) is 0 Å². The van der Waals surface area contributed by atoms with E-state index in [0.717, 1.165) is 5.56 Å². The van der Waals surface area contributed by atoms with Crippen LogP contribution in [0.3, 0.4) is 0 Å². The smallest absolute Gasteiger partial charge is 0.0974 e. The number of hydrogen-bond acceptors (Lipinski definition) is 4. The lowest BCUT2D eigenvalue weighted by atomic mass is 10.0. The van der Waals surface area contributed by atoms with Crippen molar-refractivity contribution in [3.8, 4) is 0 Å². The third kappa shape index (κ3) is 2.48. The van der Waals surface area contributed by atoms with Crippen LogP contribution in [0.25, 0.3) is 0 Å². The number of rotatable bonds is 3. The van der Waals surface area contributed by atoms with E-state index < -0.39 is 12.1 Å². The maximum Gasteiger partial charge on any atom is 0.0974 e. The maximum atomic E-state index is 9.73. The number of hydrogen-bond donors (Lipinski definition) is 4. The number of aryl methyl sites for hydroxylation is 1. The van der Waals surface area contributed by atoms with Gasteiger partial charge in [-0.2, -0.15) is 0 Å². The fourth-order valence-corrected chi connectivity index (χ4v) is 1.64. The van der Waals surface area contributed by atoms with E-state index in [1.54, 1.807) is 6.07 Å². The van der Waals surface area contributed by atoms with Crippen molar-refractivity contribution in [2.24, 2.45) is 5.73 Å². The first-order valence-electron chi connectivity index (χ1n) is 4.40. The van der Waals surface area contributed by atoms with Crippen molar-refractivity contribution in [3.05, 3.63) is 29.3 Å². The third-order valence-electron chi connectivity index (χ3n) is 2.12. The van der Waals surface area contributed by atoms with Gasteiger partial charge in [0.1, 0.15) is 0 Å². The van der Waals surface area contributed by atoms with E-state index in [1.807, 2.05) is 19.1 Å². The largest absolute Gasteiger partial charge is 0.395 e.